The first-order valence-corrected chi connectivity index (χ1v) is 4.29. The van der Waals surface area contributed by atoms with Crippen LogP contribution in [0.25, 0.3) is 10.9 Å². The topological polar surface area (TPSA) is 47.2 Å². The molecule has 1 aromatic carbocycles. The lowest BCUT2D eigenvalue weighted by Crippen LogP contribution is -1.84. The van der Waals surface area contributed by atoms with Crippen molar-refractivity contribution < 1.29 is 4.79 Å². The number of halogens is 1. The van der Waals surface area contributed by atoms with Gasteiger partial charge in [-0.25, -0.2) is 4.79 Å². The van der Waals surface area contributed by atoms with Gasteiger partial charge in [0, 0.05) is 18.6 Å². The molecule has 0 aliphatic heterocycles. The second-order valence-corrected chi connectivity index (χ2v) is 3.28. The van der Waals surface area contributed by atoms with Crippen molar-refractivity contribution in [1.29, 1.82) is 0 Å². The SMILES string of the molecule is Cn1cc2cc(N=C=O)c(Cl)cc2n1. The number of aromatic nitrogens is 2. The molecular formula is C9H6ClN3O. The summed E-state index contributed by atoms with van der Waals surface area (Å²) in [5, 5.41) is 5.46. The van der Waals surface area contributed by atoms with E-state index in [1.807, 2.05) is 13.2 Å². The van der Waals surface area contributed by atoms with E-state index in [4.69, 9.17) is 11.6 Å². The van der Waals surface area contributed by atoms with Gasteiger partial charge in [0.15, 0.2) is 0 Å². The fourth-order valence-electron chi connectivity index (χ4n) is 1.29. The number of rotatable bonds is 1. The number of hydrogen-bond acceptors (Lipinski definition) is 3. The molecule has 4 nitrogen and oxygen atoms in total. The monoisotopic (exact) mass is 207 g/mol. The van der Waals surface area contributed by atoms with E-state index in [9.17, 15) is 4.79 Å². The molecule has 1 heterocycles. The maximum absolute atomic E-state index is 10.1. The Morgan fingerprint density at radius 1 is 1.57 bits per heavy atom. The van der Waals surface area contributed by atoms with Gasteiger partial charge in [0.25, 0.3) is 0 Å². The van der Waals surface area contributed by atoms with Crippen LogP contribution in [0.15, 0.2) is 23.3 Å². The van der Waals surface area contributed by atoms with Crippen molar-refractivity contribution in [2.45, 2.75) is 0 Å². The minimum Gasteiger partial charge on any atom is -0.275 e. The molecule has 0 atom stereocenters. The largest absolute Gasteiger partial charge is 0.275 e. The predicted molar refractivity (Wildman–Crippen MR) is 53.5 cm³/mol. The molecule has 2 rings (SSSR count). The average molecular weight is 208 g/mol. The Kier molecular flexibility index (Phi) is 2.08. The highest BCUT2D eigenvalue weighted by molar-refractivity contribution is 6.33. The summed E-state index contributed by atoms with van der Waals surface area (Å²) in [6.45, 7) is 0. The minimum absolute atomic E-state index is 0.402. The third kappa shape index (κ3) is 1.41. The quantitative estimate of drug-likeness (QED) is 0.532. The van der Waals surface area contributed by atoms with Crippen LogP contribution in [0.2, 0.25) is 5.02 Å². The van der Waals surface area contributed by atoms with Crippen molar-refractivity contribution in [3.05, 3.63) is 23.4 Å². The molecule has 14 heavy (non-hydrogen) atoms. The summed E-state index contributed by atoms with van der Waals surface area (Å²) in [6, 6.07) is 3.38. The van der Waals surface area contributed by atoms with Gasteiger partial charge in [-0.1, -0.05) is 11.6 Å². The number of nitrogens with zero attached hydrogens (tertiary/aromatic N) is 3. The van der Waals surface area contributed by atoms with Crippen LogP contribution in [0, 0.1) is 0 Å². The van der Waals surface area contributed by atoms with Gasteiger partial charge in [0.1, 0.15) is 0 Å². The van der Waals surface area contributed by atoms with Gasteiger partial charge in [-0.2, -0.15) is 10.1 Å². The molecule has 0 saturated heterocycles. The van der Waals surface area contributed by atoms with Crippen molar-refractivity contribution in [1.82, 2.24) is 9.78 Å². The number of aliphatic imine (C=N–C) groups is 1. The molecule has 0 bridgehead atoms. The standard InChI is InChI=1S/C9H6ClN3O/c1-13-4-6-2-9(11-5-14)7(10)3-8(6)12-13/h2-4H,1H3. The Balaban J connectivity index is 2.75. The van der Waals surface area contributed by atoms with E-state index < -0.39 is 0 Å². The molecule has 0 fully saturated rings. The van der Waals surface area contributed by atoms with E-state index >= 15 is 0 Å². The molecule has 0 spiro atoms. The first-order chi connectivity index (χ1) is 6.70. The lowest BCUT2D eigenvalue weighted by molar-refractivity contribution is 0.565. The molecule has 1 aromatic heterocycles. The van der Waals surface area contributed by atoms with E-state index in [0.29, 0.717) is 10.7 Å². The zero-order chi connectivity index (χ0) is 10.1. The summed E-state index contributed by atoms with van der Waals surface area (Å²) in [4.78, 5) is 13.6. The highest BCUT2D eigenvalue weighted by Gasteiger charge is 2.04. The van der Waals surface area contributed by atoms with Crippen molar-refractivity contribution >= 4 is 34.3 Å². The zero-order valence-corrected chi connectivity index (χ0v) is 8.12. The molecule has 0 aliphatic carbocycles. The lowest BCUT2D eigenvalue weighted by atomic mass is 10.2. The summed E-state index contributed by atoms with van der Waals surface area (Å²) < 4.78 is 1.68. The zero-order valence-electron chi connectivity index (χ0n) is 7.36. The van der Waals surface area contributed by atoms with Crippen LogP contribution in [-0.2, 0) is 11.8 Å². The average Bonchev–Trinajstić information content (AvgIpc) is 2.45. The second kappa shape index (κ2) is 3.25. The van der Waals surface area contributed by atoms with Gasteiger partial charge >= 0.3 is 0 Å². The number of hydrogen-bond donors (Lipinski definition) is 0. The van der Waals surface area contributed by atoms with E-state index in [1.165, 1.54) is 6.08 Å². The maximum atomic E-state index is 10.1. The third-order valence-electron chi connectivity index (χ3n) is 1.85. The van der Waals surface area contributed by atoms with Crippen molar-refractivity contribution in [3.8, 4) is 0 Å². The van der Waals surface area contributed by atoms with E-state index in [0.717, 1.165) is 10.9 Å². The Labute approximate surface area is 84.8 Å². The fraction of sp³-hybridized carbons (Fsp3) is 0.111. The minimum atomic E-state index is 0.402. The van der Waals surface area contributed by atoms with E-state index in [1.54, 1.807) is 16.8 Å². The Morgan fingerprint density at radius 2 is 2.36 bits per heavy atom. The molecule has 0 amide bonds. The Bertz CT molecular complexity index is 540. The van der Waals surface area contributed by atoms with Crippen LogP contribution in [-0.4, -0.2) is 15.9 Å². The van der Waals surface area contributed by atoms with Crippen LogP contribution in [0.5, 0.6) is 0 Å². The summed E-state index contributed by atoms with van der Waals surface area (Å²) >= 11 is 5.87. The highest BCUT2D eigenvalue weighted by Crippen LogP contribution is 2.29. The molecule has 0 N–H and O–H groups in total. The summed E-state index contributed by atoms with van der Waals surface area (Å²) in [7, 11) is 1.82. The molecule has 70 valence electrons. The highest BCUT2D eigenvalue weighted by atomic mass is 35.5. The molecule has 5 heteroatoms. The number of benzene rings is 1. The van der Waals surface area contributed by atoms with Crippen LogP contribution in [0.3, 0.4) is 0 Å². The summed E-state index contributed by atoms with van der Waals surface area (Å²) in [5.74, 6) is 0. The summed E-state index contributed by atoms with van der Waals surface area (Å²) in [5.41, 5.74) is 1.20. The van der Waals surface area contributed by atoms with Gasteiger partial charge in [-0.05, 0) is 12.1 Å². The van der Waals surface area contributed by atoms with Gasteiger partial charge in [0.2, 0.25) is 6.08 Å². The molecule has 0 unspecified atom stereocenters. The normalized spacial score (nSPS) is 10.1. The molecule has 0 aliphatic rings. The Hall–Kier alpha value is -1.64. The Morgan fingerprint density at radius 3 is 3.07 bits per heavy atom. The van der Waals surface area contributed by atoms with Gasteiger partial charge < -0.3 is 0 Å². The van der Waals surface area contributed by atoms with Gasteiger partial charge in [-0.3, -0.25) is 4.68 Å². The smallest absolute Gasteiger partial charge is 0.240 e. The fourth-order valence-corrected chi connectivity index (χ4v) is 1.49. The number of carbonyl (C=O) groups excluding carboxylic acids is 1. The third-order valence-corrected chi connectivity index (χ3v) is 2.16. The molecule has 0 saturated carbocycles. The van der Waals surface area contributed by atoms with Crippen LogP contribution in [0.1, 0.15) is 0 Å². The van der Waals surface area contributed by atoms with E-state index in [2.05, 4.69) is 10.1 Å². The van der Waals surface area contributed by atoms with Crippen LogP contribution in [0.4, 0.5) is 5.69 Å². The van der Waals surface area contributed by atoms with Crippen molar-refractivity contribution in [3.63, 3.8) is 0 Å². The van der Waals surface area contributed by atoms with Crippen molar-refractivity contribution in [2.75, 3.05) is 0 Å². The first kappa shape index (κ1) is 8.94. The van der Waals surface area contributed by atoms with Gasteiger partial charge in [-0.15, -0.1) is 0 Å². The van der Waals surface area contributed by atoms with Crippen LogP contribution >= 0.6 is 11.6 Å². The number of fused-ring (bicyclic) bond motifs is 1. The van der Waals surface area contributed by atoms with Crippen LogP contribution < -0.4 is 0 Å². The molecule has 2 aromatic rings. The summed E-state index contributed by atoms with van der Waals surface area (Å²) in [6.07, 6.45) is 3.29. The second-order valence-electron chi connectivity index (χ2n) is 2.87. The number of aryl methyl sites for hydroxylation is 1. The lowest BCUT2D eigenvalue weighted by Gasteiger charge is -1.94. The first-order valence-electron chi connectivity index (χ1n) is 3.91. The number of isocyanates is 1. The van der Waals surface area contributed by atoms with Crippen molar-refractivity contribution in [2.24, 2.45) is 12.0 Å². The van der Waals surface area contributed by atoms with E-state index in [-0.39, 0.29) is 0 Å². The maximum Gasteiger partial charge on any atom is 0.240 e. The van der Waals surface area contributed by atoms with Gasteiger partial charge in [0.05, 0.1) is 16.2 Å². The predicted octanol–water partition coefficient (Wildman–Crippen LogP) is 2.19. The molecular weight excluding hydrogens is 202 g/mol. The molecule has 0 radical (unpaired) electrons.